The summed E-state index contributed by atoms with van der Waals surface area (Å²) in [6.07, 6.45) is -21.4. The van der Waals surface area contributed by atoms with Gasteiger partial charge in [-0.3, -0.25) is 0 Å². The average Bonchev–Trinajstić information content (AvgIpc) is 3.05. The molecule has 0 aliphatic carbocycles. The Morgan fingerprint density at radius 3 is 1.19 bits per heavy atom. The van der Waals surface area contributed by atoms with Crippen molar-refractivity contribution in [2.24, 2.45) is 0 Å². The highest BCUT2D eigenvalue weighted by Gasteiger charge is 2.59. The van der Waals surface area contributed by atoms with Gasteiger partial charge in [0.2, 0.25) is 0 Å². The number of phenolic OH excluding ortho intramolecular Hbond substituents is 1. The van der Waals surface area contributed by atoms with Crippen LogP contribution in [0.4, 0.5) is 74.6 Å². The number of halogens is 17. The van der Waals surface area contributed by atoms with Crippen molar-refractivity contribution in [1.82, 2.24) is 0 Å². The first kappa shape index (κ1) is 47.0. The fourth-order valence-corrected chi connectivity index (χ4v) is 3.68. The molecule has 4 rings (SSSR count). The number of phenols is 1. The topological polar surface area (TPSA) is 123 Å². The van der Waals surface area contributed by atoms with Crippen molar-refractivity contribution < 1.29 is 114 Å². The van der Waals surface area contributed by atoms with Gasteiger partial charge in [0.15, 0.2) is 0 Å². The zero-order valence-corrected chi connectivity index (χ0v) is 26.9. The highest BCUT2D eigenvalue weighted by atomic mass is 19.4. The second-order valence-corrected chi connectivity index (χ2v) is 10.3. The number of hydrogen-bond acceptors (Lipinski definition) is 6. The van der Waals surface area contributed by atoms with E-state index in [0.717, 1.165) is 48.5 Å². The lowest BCUT2D eigenvalue weighted by atomic mass is 10.0. The van der Waals surface area contributed by atoms with Crippen LogP contribution in [-0.2, 0) is 11.8 Å². The van der Waals surface area contributed by atoms with Crippen molar-refractivity contribution in [3.05, 3.63) is 113 Å². The average molecular weight is 852 g/mol. The minimum Gasteiger partial charge on any atom is -0.508 e. The van der Waals surface area contributed by atoms with Crippen LogP contribution in [-0.4, -0.2) is 52.3 Å². The highest BCUT2D eigenvalue weighted by Crippen LogP contribution is 2.46. The molecule has 0 spiro atoms. The summed E-state index contributed by atoms with van der Waals surface area (Å²) >= 11 is 0. The maximum absolute atomic E-state index is 13.4. The number of benzene rings is 4. The zero-order chi connectivity index (χ0) is 43.9. The third kappa shape index (κ3) is 13.5. The largest absolute Gasteiger partial charge is 0.573 e. The third-order valence-corrected chi connectivity index (χ3v) is 6.20. The van der Waals surface area contributed by atoms with Gasteiger partial charge < -0.3 is 29.5 Å². The summed E-state index contributed by atoms with van der Waals surface area (Å²) in [5.74, 6) is -17.6. The molecular formula is C32H17F17O8. The Kier molecular flexibility index (Phi) is 14.3. The molecule has 0 radical (unpaired) electrons. The molecule has 4 aromatic rings. The van der Waals surface area contributed by atoms with Crippen molar-refractivity contribution >= 4 is 11.9 Å². The van der Waals surface area contributed by atoms with Gasteiger partial charge in [-0.25, -0.2) is 14.0 Å². The summed E-state index contributed by atoms with van der Waals surface area (Å²) in [4.78, 5) is 21.6. The lowest BCUT2D eigenvalue weighted by molar-refractivity contribution is -0.289. The molecule has 0 fully saturated rings. The minimum atomic E-state index is -5.94. The molecule has 0 aliphatic heterocycles. The number of aromatic hydroxyl groups is 1. The summed E-state index contributed by atoms with van der Waals surface area (Å²) in [7, 11) is 0. The first-order valence-corrected chi connectivity index (χ1v) is 14.1. The van der Waals surface area contributed by atoms with Crippen molar-refractivity contribution in [3.63, 3.8) is 0 Å². The molecule has 0 unspecified atom stereocenters. The van der Waals surface area contributed by atoms with E-state index in [1.807, 2.05) is 0 Å². The molecule has 0 heterocycles. The van der Waals surface area contributed by atoms with E-state index >= 15 is 0 Å². The van der Waals surface area contributed by atoms with Gasteiger partial charge in [-0.15, -0.1) is 26.3 Å². The van der Waals surface area contributed by atoms with E-state index in [0.29, 0.717) is 12.1 Å². The number of carboxylic acid groups (broad SMARTS) is 2. The molecule has 0 atom stereocenters. The molecule has 0 bridgehead atoms. The molecule has 57 heavy (non-hydrogen) atoms. The fourth-order valence-electron chi connectivity index (χ4n) is 3.68. The Labute approximate surface area is 304 Å². The van der Waals surface area contributed by atoms with Gasteiger partial charge in [-0.05, 0) is 84.9 Å². The molecule has 0 aromatic heterocycles. The van der Waals surface area contributed by atoms with Crippen LogP contribution < -0.4 is 14.2 Å². The van der Waals surface area contributed by atoms with Gasteiger partial charge in [0, 0.05) is 11.1 Å². The Morgan fingerprint density at radius 2 is 0.825 bits per heavy atom. The summed E-state index contributed by atoms with van der Waals surface area (Å²) in [6.45, 7) is 0. The van der Waals surface area contributed by atoms with Crippen LogP contribution in [0.25, 0.3) is 0 Å². The van der Waals surface area contributed by atoms with Gasteiger partial charge in [0.25, 0.3) is 0 Å². The molecule has 0 saturated heterocycles. The lowest BCUT2D eigenvalue weighted by Gasteiger charge is -2.20. The van der Waals surface area contributed by atoms with E-state index in [2.05, 4.69) is 9.47 Å². The van der Waals surface area contributed by atoms with Crippen LogP contribution in [0.3, 0.4) is 0 Å². The van der Waals surface area contributed by atoms with Crippen LogP contribution in [0, 0.1) is 5.82 Å². The molecule has 312 valence electrons. The maximum Gasteiger partial charge on any atom is 0.573 e. The van der Waals surface area contributed by atoms with Gasteiger partial charge in [0.05, 0.1) is 5.56 Å². The monoisotopic (exact) mass is 852 g/mol. The van der Waals surface area contributed by atoms with Crippen molar-refractivity contribution in [1.29, 1.82) is 0 Å². The highest BCUT2D eigenvalue weighted by molar-refractivity contribution is 5.91. The molecule has 8 nitrogen and oxygen atoms in total. The van der Waals surface area contributed by atoms with Gasteiger partial charge in [0.1, 0.15) is 40.1 Å². The molecule has 3 N–H and O–H groups in total. The van der Waals surface area contributed by atoms with Crippen molar-refractivity contribution in [2.45, 2.75) is 36.9 Å². The van der Waals surface area contributed by atoms with E-state index < -0.39 is 88.4 Å². The van der Waals surface area contributed by atoms with E-state index in [4.69, 9.17) is 20.1 Å². The van der Waals surface area contributed by atoms with E-state index in [9.17, 15) is 84.2 Å². The van der Waals surface area contributed by atoms with Crippen LogP contribution in [0.5, 0.6) is 28.7 Å². The SMILES string of the molecule is O=C(O)c1cc(C(F)(F)C(F)(F)F)ccc1F.O=C(O)c1cc(C(F)(F)C(F)(F)F)ccc1Oc1ccc(OC(F)(F)F)cc1.Oc1ccc(OC(F)(F)F)cc1. The summed E-state index contributed by atoms with van der Waals surface area (Å²) in [6, 6.07) is 9.26. The standard InChI is InChI=1S/C16H8F8O4.C9H4F6O2.C7H5F3O2/c17-14(18,15(19,20)21)8-1-6-12(11(7-8)13(25)26)27-9-2-4-10(5-3-9)28-16(22,23)24;10-6-2-1-4(3-5(6)7(16)17)8(11,12)9(13,14)15;8-7(9,10)12-6-3-1-5(11)2-4-6/h1-7H,(H,25,26);1-3H,(H,16,17);1-4,11H. The smallest absolute Gasteiger partial charge is 0.508 e. The van der Waals surface area contributed by atoms with Crippen LogP contribution in [0.2, 0.25) is 0 Å². The Morgan fingerprint density at radius 1 is 0.474 bits per heavy atom. The fraction of sp³-hybridized carbons (Fsp3) is 0.188. The molecule has 0 saturated carbocycles. The summed E-state index contributed by atoms with van der Waals surface area (Å²) in [5, 5.41) is 26.2. The molecule has 0 amide bonds. The van der Waals surface area contributed by atoms with E-state index in [-0.39, 0.29) is 41.5 Å². The summed E-state index contributed by atoms with van der Waals surface area (Å²) < 4.78 is 222. The number of ether oxygens (including phenoxy) is 3. The first-order chi connectivity index (χ1) is 25.7. The number of alkyl halides is 16. The van der Waals surface area contributed by atoms with Crippen LogP contribution in [0.15, 0.2) is 84.9 Å². The van der Waals surface area contributed by atoms with Crippen molar-refractivity contribution in [2.75, 3.05) is 0 Å². The number of carboxylic acids is 2. The van der Waals surface area contributed by atoms with Gasteiger partial charge in [-0.1, -0.05) is 0 Å². The Hall–Kier alpha value is -6.17. The Bertz CT molecular complexity index is 1990. The van der Waals surface area contributed by atoms with Gasteiger partial charge in [-0.2, -0.15) is 43.9 Å². The van der Waals surface area contributed by atoms with E-state index in [1.165, 1.54) is 0 Å². The normalized spacial score (nSPS) is 12.3. The molecule has 4 aromatic carbocycles. The third-order valence-electron chi connectivity index (χ3n) is 6.20. The quantitative estimate of drug-likeness (QED) is 0.150. The summed E-state index contributed by atoms with van der Waals surface area (Å²) in [5.41, 5.74) is -5.48. The second-order valence-electron chi connectivity index (χ2n) is 10.3. The zero-order valence-electron chi connectivity index (χ0n) is 26.9. The van der Waals surface area contributed by atoms with Crippen LogP contribution in [0.1, 0.15) is 31.8 Å². The Balaban J connectivity index is 0.000000327. The lowest BCUT2D eigenvalue weighted by Crippen LogP contribution is -2.33. The molecule has 0 aliphatic rings. The number of aromatic carboxylic acids is 2. The molecule has 25 heteroatoms. The van der Waals surface area contributed by atoms with Gasteiger partial charge >= 0.3 is 48.9 Å². The second kappa shape index (κ2) is 17.3. The molecular weight excluding hydrogens is 835 g/mol. The number of rotatable bonds is 8. The van der Waals surface area contributed by atoms with Crippen LogP contribution >= 0.6 is 0 Å². The predicted molar refractivity (Wildman–Crippen MR) is 155 cm³/mol. The first-order valence-electron chi connectivity index (χ1n) is 14.1. The minimum absolute atomic E-state index is 0.0366. The number of hydrogen-bond donors (Lipinski definition) is 3. The predicted octanol–water partition coefficient (Wildman–Crippen LogP) is 11.2. The van der Waals surface area contributed by atoms with Crippen molar-refractivity contribution in [3.8, 4) is 28.7 Å². The maximum atomic E-state index is 13.4. The van der Waals surface area contributed by atoms with E-state index in [1.54, 1.807) is 0 Å². The number of carbonyl (C=O) groups is 2.